The molecular formula is C24H41N5O3. The van der Waals surface area contributed by atoms with Gasteiger partial charge in [0.15, 0.2) is 5.96 Å². The number of carbonyl (C=O) groups excluding carboxylic acids is 1. The Morgan fingerprint density at radius 2 is 1.81 bits per heavy atom. The quantitative estimate of drug-likeness (QED) is 0.447. The number of furan rings is 1. The van der Waals surface area contributed by atoms with E-state index >= 15 is 0 Å². The number of hydrogen-bond donors (Lipinski definition) is 2. The molecule has 0 bridgehead atoms. The third-order valence-electron chi connectivity index (χ3n) is 6.33. The van der Waals surface area contributed by atoms with Gasteiger partial charge >= 0.3 is 6.09 Å². The highest BCUT2D eigenvalue weighted by Gasteiger charge is 2.25. The molecule has 1 aromatic rings. The highest BCUT2D eigenvalue weighted by atomic mass is 16.6. The number of unbranched alkanes of at least 4 members (excludes halogenated alkanes) is 1. The van der Waals surface area contributed by atoms with E-state index in [2.05, 4.69) is 22.5 Å². The van der Waals surface area contributed by atoms with E-state index in [4.69, 9.17) is 14.1 Å². The van der Waals surface area contributed by atoms with Gasteiger partial charge in [0.1, 0.15) is 5.76 Å². The summed E-state index contributed by atoms with van der Waals surface area (Å²) >= 11 is 0. The van der Waals surface area contributed by atoms with Crippen LogP contribution in [-0.2, 0) is 11.2 Å². The molecule has 0 aliphatic carbocycles. The van der Waals surface area contributed by atoms with Crippen LogP contribution in [0.4, 0.5) is 4.79 Å². The number of likely N-dealkylation sites (tertiary alicyclic amines) is 2. The molecule has 1 aromatic heterocycles. The van der Waals surface area contributed by atoms with Crippen LogP contribution in [-0.4, -0.2) is 79.8 Å². The first-order chi connectivity index (χ1) is 15.7. The summed E-state index contributed by atoms with van der Waals surface area (Å²) in [7, 11) is 0. The second-order valence-electron chi connectivity index (χ2n) is 8.78. The van der Waals surface area contributed by atoms with Crippen LogP contribution in [0.1, 0.15) is 58.1 Å². The number of nitrogens with one attached hydrogen (secondary N) is 2. The molecule has 32 heavy (non-hydrogen) atoms. The zero-order valence-electron chi connectivity index (χ0n) is 19.9. The molecule has 2 saturated heterocycles. The van der Waals surface area contributed by atoms with Crippen LogP contribution in [0.25, 0.3) is 0 Å². The van der Waals surface area contributed by atoms with Crippen molar-refractivity contribution in [1.29, 1.82) is 0 Å². The first kappa shape index (κ1) is 24.4. The van der Waals surface area contributed by atoms with Gasteiger partial charge in [0.25, 0.3) is 0 Å². The second kappa shape index (κ2) is 13.4. The van der Waals surface area contributed by atoms with E-state index < -0.39 is 0 Å². The Morgan fingerprint density at radius 1 is 1.12 bits per heavy atom. The molecule has 2 N–H and O–H groups in total. The highest BCUT2D eigenvalue weighted by molar-refractivity contribution is 5.80. The summed E-state index contributed by atoms with van der Waals surface area (Å²) < 4.78 is 10.6. The summed E-state index contributed by atoms with van der Waals surface area (Å²) in [6.45, 7) is 10.1. The van der Waals surface area contributed by atoms with Crippen LogP contribution < -0.4 is 10.6 Å². The van der Waals surface area contributed by atoms with Crippen molar-refractivity contribution in [3.63, 3.8) is 0 Å². The standard InChI is InChI=1S/C24H41N5O3/c1-3-5-14-28-15-9-20(10-16-28)26-23(25-13-8-22-7-6-19-32-22)27-21-11-17-29(18-12-21)24(30)31-4-2/h6-7,19-21H,3-5,8-18H2,1-2H3,(H2,25,26,27). The minimum absolute atomic E-state index is 0.203. The summed E-state index contributed by atoms with van der Waals surface area (Å²) in [5.41, 5.74) is 0. The first-order valence-corrected chi connectivity index (χ1v) is 12.4. The van der Waals surface area contributed by atoms with Crippen molar-refractivity contribution in [3.05, 3.63) is 24.2 Å². The molecule has 0 radical (unpaired) electrons. The van der Waals surface area contributed by atoms with Gasteiger partial charge in [-0.25, -0.2) is 4.79 Å². The average Bonchev–Trinajstić information content (AvgIpc) is 3.33. The molecule has 0 spiro atoms. The van der Waals surface area contributed by atoms with Gasteiger partial charge in [0.2, 0.25) is 0 Å². The Bertz CT molecular complexity index is 678. The van der Waals surface area contributed by atoms with Crippen molar-refractivity contribution in [2.75, 3.05) is 45.9 Å². The van der Waals surface area contributed by atoms with Gasteiger partial charge in [-0.2, -0.15) is 0 Å². The van der Waals surface area contributed by atoms with Crippen molar-refractivity contribution in [3.8, 4) is 0 Å². The van der Waals surface area contributed by atoms with Crippen LogP contribution in [0.5, 0.6) is 0 Å². The number of amides is 1. The predicted molar refractivity (Wildman–Crippen MR) is 127 cm³/mol. The largest absolute Gasteiger partial charge is 0.469 e. The number of carbonyl (C=O) groups is 1. The Kier molecular flexibility index (Phi) is 10.2. The maximum atomic E-state index is 12.0. The Labute approximate surface area is 192 Å². The van der Waals surface area contributed by atoms with Crippen molar-refractivity contribution >= 4 is 12.1 Å². The lowest BCUT2D eigenvalue weighted by molar-refractivity contribution is 0.0962. The van der Waals surface area contributed by atoms with Crippen LogP contribution in [0.2, 0.25) is 0 Å². The van der Waals surface area contributed by atoms with Crippen molar-refractivity contribution in [2.24, 2.45) is 4.99 Å². The normalized spacial score (nSPS) is 19.2. The average molecular weight is 448 g/mol. The van der Waals surface area contributed by atoms with E-state index in [0.717, 1.165) is 56.9 Å². The van der Waals surface area contributed by atoms with E-state index in [1.165, 1.54) is 19.4 Å². The van der Waals surface area contributed by atoms with Crippen LogP contribution in [0.15, 0.2) is 27.8 Å². The smallest absolute Gasteiger partial charge is 0.409 e. The van der Waals surface area contributed by atoms with Gasteiger partial charge < -0.3 is 29.6 Å². The van der Waals surface area contributed by atoms with Gasteiger partial charge in [-0.3, -0.25) is 4.99 Å². The molecule has 0 unspecified atom stereocenters. The zero-order valence-corrected chi connectivity index (χ0v) is 19.9. The van der Waals surface area contributed by atoms with E-state index in [0.29, 0.717) is 38.3 Å². The number of aliphatic imine (C=N–C) groups is 1. The number of guanidine groups is 1. The third-order valence-corrected chi connectivity index (χ3v) is 6.33. The van der Waals surface area contributed by atoms with Crippen molar-refractivity contribution < 1.29 is 13.9 Å². The fourth-order valence-corrected chi connectivity index (χ4v) is 4.36. The van der Waals surface area contributed by atoms with E-state index in [-0.39, 0.29) is 6.09 Å². The number of hydrogen-bond acceptors (Lipinski definition) is 5. The molecule has 2 aliphatic rings. The minimum Gasteiger partial charge on any atom is -0.469 e. The lowest BCUT2D eigenvalue weighted by Crippen LogP contribution is -2.53. The van der Waals surface area contributed by atoms with E-state index in [9.17, 15) is 4.79 Å². The Balaban J connectivity index is 1.50. The molecule has 180 valence electrons. The third kappa shape index (κ3) is 8.04. The maximum Gasteiger partial charge on any atom is 0.409 e. The summed E-state index contributed by atoms with van der Waals surface area (Å²) in [6.07, 6.45) is 8.91. The van der Waals surface area contributed by atoms with Gasteiger partial charge in [-0.1, -0.05) is 13.3 Å². The molecule has 3 rings (SSSR count). The fourth-order valence-electron chi connectivity index (χ4n) is 4.36. The van der Waals surface area contributed by atoms with Gasteiger partial charge in [-0.05, 0) is 57.7 Å². The number of ether oxygens (including phenoxy) is 1. The van der Waals surface area contributed by atoms with E-state index in [1.807, 2.05) is 19.1 Å². The van der Waals surface area contributed by atoms with E-state index in [1.54, 1.807) is 11.2 Å². The minimum atomic E-state index is -0.203. The molecule has 8 heteroatoms. The molecule has 2 fully saturated rings. The van der Waals surface area contributed by atoms with Gasteiger partial charge in [0.05, 0.1) is 12.9 Å². The van der Waals surface area contributed by atoms with Crippen molar-refractivity contribution in [2.45, 2.75) is 70.9 Å². The number of nitrogens with zero attached hydrogens (tertiary/aromatic N) is 3. The molecular weight excluding hydrogens is 406 g/mol. The maximum absolute atomic E-state index is 12.0. The Hall–Kier alpha value is -2.22. The highest BCUT2D eigenvalue weighted by Crippen LogP contribution is 2.14. The second-order valence-corrected chi connectivity index (χ2v) is 8.78. The molecule has 8 nitrogen and oxygen atoms in total. The zero-order chi connectivity index (χ0) is 22.6. The molecule has 0 saturated carbocycles. The molecule has 0 atom stereocenters. The molecule has 1 amide bonds. The van der Waals surface area contributed by atoms with Gasteiger partial charge in [-0.15, -0.1) is 0 Å². The lowest BCUT2D eigenvalue weighted by Gasteiger charge is -2.35. The SMILES string of the molecule is CCCCN1CCC(NC(=NCCc2ccco2)NC2CCN(C(=O)OCC)CC2)CC1. The first-order valence-electron chi connectivity index (χ1n) is 12.4. The number of rotatable bonds is 9. The molecule has 0 aromatic carbocycles. The van der Waals surface area contributed by atoms with Crippen LogP contribution >= 0.6 is 0 Å². The van der Waals surface area contributed by atoms with Crippen LogP contribution in [0, 0.1) is 0 Å². The summed E-state index contributed by atoms with van der Waals surface area (Å²) in [4.78, 5) is 21.2. The molecule has 2 aliphatic heterocycles. The summed E-state index contributed by atoms with van der Waals surface area (Å²) in [6, 6.07) is 4.66. The summed E-state index contributed by atoms with van der Waals surface area (Å²) in [5, 5.41) is 7.33. The lowest BCUT2D eigenvalue weighted by atomic mass is 10.0. The van der Waals surface area contributed by atoms with Crippen LogP contribution in [0.3, 0.4) is 0 Å². The van der Waals surface area contributed by atoms with Gasteiger partial charge in [0, 0.05) is 51.2 Å². The monoisotopic (exact) mass is 447 g/mol. The Morgan fingerprint density at radius 3 is 2.41 bits per heavy atom. The number of piperidine rings is 2. The predicted octanol–water partition coefficient (Wildman–Crippen LogP) is 3.24. The van der Waals surface area contributed by atoms with Crippen molar-refractivity contribution in [1.82, 2.24) is 20.4 Å². The topological polar surface area (TPSA) is 82.3 Å². The molecule has 3 heterocycles. The fraction of sp³-hybridized carbons (Fsp3) is 0.750. The summed E-state index contributed by atoms with van der Waals surface area (Å²) in [5.74, 6) is 1.85.